The van der Waals surface area contributed by atoms with Crippen molar-refractivity contribution in [3.8, 4) is 11.1 Å². The van der Waals surface area contributed by atoms with Crippen molar-refractivity contribution in [1.82, 2.24) is 24.6 Å². The summed E-state index contributed by atoms with van der Waals surface area (Å²) in [6, 6.07) is 13.4. The van der Waals surface area contributed by atoms with Gasteiger partial charge in [0.05, 0.1) is 18.6 Å². The van der Waals surface area contributed by atoms with Crippen LogP contribution < -0.4 is 11.0 Å². The summed E-state index contributed by atoms with van der Waals surface area (Å²) in [5.74, 6) is 0.333. The number of fused-ring (bicyclic) bond motifs is 1. The zero-order chi connectivity index (χ0) is 21.9. The minimum atomic E-state index is -0.796. The SMILES string of the molecule is O=c1nc(Nc2cccc(-c3cncc(CN4CCOCC4)c3)c2)c2cccnc2n1O. The molecule has 32 heavy (non-hydrogen) atoms. The molecule has 5 rings (SSSR count). The van der Waals surface area contributed by atoms with E-state index in [1.54, 1.807) is 12.1 Å². The molecular weight excluding hydrogens is 408 g/mol. The molecule has 1 aliphatic heterocycles. The van der Waals surface area contributed by atoms with Gasteiger partial charge in [0, 0.05) is 49.5 Å². The highest BCUT2D eigenvalue weighted by molar-refractivity contribution is 5.88. The van der Waals surface area contributed by atoms with Crippen molar-refractivity contribution in [2.24, 2.45) is 0 Å². The number of pyridine rings is 2. The number of anilines is 2. The van der Waals surface area contributed by atoms with E-state index in [9.17, 15) is 10.0 Å². The molecule has 0 spiro atoms. The molecule has 0 aliphatic carbocycles. The third-order valence-electron chi connectivity index (χ3n) is 5.39. The second-order valence-electron chi connectivity index (χ2n) is 7.61. The molecule has 0 radical (unpaired) electrons. The maximum Gasteiger partial charge on any atom is 0.384 e. The van der Waals surface area contributed by atoms with E-state index in [2.05, 4.69) is 31.2 Å². The van der Waals surface area contributed by atoms with Crippen LogP contribution in [-0.2, 0) is 11.3 Å². The number of nitrogens with one attached hydrogen (secondary N) is 1. The predicted octanol–water partition coefficient (Wildman–Crippen LogP) is 2.67. The van der Waals surface area contributed by atoms with Crippen LogP contribution in [-0.4, -0.2) is 56.1 Å². The molecular formula is C23H22N6O3. The van der Waals surface area contributed by atoms with Crippen LogP contribution in [0.2, 0.25) is 0 Å². The lowest BCUT2D eigenvalue weighted by molar-refractivity contribution is 0.0341. The van der Waals surface area contributed by atoms with Gasteiger partial charge in [-0.3, -0.25) is 9.88 Å². The van der Waals surface area contributed by atoms with Crippen LogP contribution >= 0.6 is 0 Å². The van der Waals surface area contributed by atoms with Crippen LogP contribution in [0.1, 0.15) is 5.56 Å². The van der Waals surface area contributed by atoms with Gasteiger partial charge in [-0.15, -0.1) is 4.73 Å². The lowest BCUT2D eigenvalue weighted by atomic mass is 10.0. The van der Waals surface area contributed by atoms with Crippen LogP contribution in [0.15, 0.2) is 65.8 Å². The third-order valence-corrected chi connectivity index (χ3v) is 5.39. The highest BCUT2D eigenvalue weighted by Crippen LogP contribution is 2.26. The van der Waals surface area contributed by atoms with Gasteiger partial charge in [0.1, 0.15) is 5.82 Å². The van der Waals surface area contributed by atoms with E-state index in [-0.39, 0.29) is 5.65 Å². The molecule has 0 amide bonds. The van der Waals surface area contributed by atoms with E-state index in [0.717, 1.165) is 55.2 Å². The molecule has 1 aromatic carbocycles. The number of benzene rings is 1. The maximum absolute atomic E-state index is 12.0. The lowest BCUT2D eigenvalue weighted by Crippen LogP contribution is -2.35. The first-order valence-corrected chi connectivity index (χ1v) is 10.4. The number of ether oxygens (including phenoxy) is 1. The first-order valence-electron chi connectivity index (χ1n) is 10.4. The largest absolute Gasteiger partial charge is 0.422 e. The Morgan fingerprint density at radius 1 is 1.06 bits per heavy atom. The van der Waals surface area contributed by atoms with Gasteiger partial charge in [-0.05, 0) is 41.5 Å². The average Bonchev–Trinajstić information content (AvgIpc) is 2.83. The molecule has 1 aliphatic rings. The quantitative estimate of drug-likeness (QED) is 0.466. The molecule has 0 bridgehead atoms. The monoisotopic (exact) mass is 430 g/mol. The van der Waals surface area contributed by atoms with Crippen molar-refractivity contribution >= 4 is 22.5 Å². The summed E-state index contributed by atoms with van der Waals surface area (Å²) < 4.78 is 5.87. The molecule has 1 fully saturated rings. The van der Waals surface area contributed by atoms with E-state index >= 15 is 0 Å². The predicted molar refractivity (Wildman–Crippen MR) is 120 cm³/mol. The fourth-order valence-electron chi connectivity index (χ4n) is 3.80. The van der Waals surface area contributed by atoms with Crippen molar-refractivity contribution in [2.75, 3.05) is 31.6 Å². The van der Waals surface area contributed by atoms with E-state index in [1.165, 1.54) is 6.20 Å². The van der Waals surface area contributed by atoms with Crippen LogP contribution in [0.4, 0.5) is 11.5 Å². The zero-order valence-corrected chi connectivity index (χ0v) is 17.3. The molecule has 9 heteroatoms. The van der Waals surface area contributed by atoms with E-state index in [4.69, 9.17) is 4.74 Å². The molecule has 0 atom stereocenters. The van der Waals surface area contributed by atoms with Crippen molar-refractivity contribution in [2.45, 2.75) is 6.54 Å². The summed E-state index contributed by atoms with van der Waals surface area (Å²) in [6.45, 7) is 4.21. The smallest absolute Gasteiger partial charge is 0.384 e. The minimum Gasteiger partial charge on any atom is -0.422 e. The normalized spacial score (nSPS) is 14.5. The summed E-state index contributed by atoms with van der Waals surface area (Å²) in [7, 11) is 0. The second kappa shape index (κ2) is 8.74. The van der Waals surface area contributed by atoms with Crippen LogP contribution in [0.5, 0.6) is 0 Å². The summed E-state index contributed by atoms with van der Waals surface area (Å²) in [5.41, 5.74) is 3.25. The Kier molecular flexibility index (Phi) is 5.49. The molecule has 162 valence electrons. The Morgan fingerprint density at radius 3 is 2.81 bits per heavy atom. The van der Waals surface area contributed by atoms with Gasteiger partial charge in [0.15, 0.2) is 5.65 Å². The van der Waals surface area contributed by atoms with Crippen LogP contribution in [0.25, 0.3) is 22.2 Å². The number of morpholine rings is 1. The fourth-order valence-corrected chi connectivity index (χ4v) is 3.80. The number of hydrogen-bond donors (Lipinski definition) is 2. The van der Waals surface area contributed by atoms with Crippen molar-refractivity contribution in [3.63, 3.8) is 0 Å². The van der Waals surface area contributed by atoms with Gasteiger partial charge >= 0.3 is 5.69 Å². The molecule has 2 N–H and O–H groups in total. The summed E-state index contributed by atoms with van der Waals surface area (Å²) in [4.78, 5) is 26.9. The zero-order valence-electron chi connectivity index (χ0n) is 17.3. The second-order valence-corrected chi connectivity index (χ2v) is 7.61. The Balaban J connectivity index is 1.42. The first-order chi connectivity index (χ1) is 15.7. The molecule has 3 aromatic heterocycles. The molecule has 0 saturated carbocycles. The van der Waals surface area contributed by atoms with Gasteiger partial charge in [0.2, 0.25) is 0 Å². The van der Waals surface area contributed by atoms with Gasteiger partial charge in [-0.1, -0.05) is 12.1 Å². The fraction of sp³-hybridized carbons (Fsp3) is 0.217. The van der Waals surface area contributed by atoms with Crippen molar-refractivity contribution < 1.29 is 9.94 Å². The average molecular weight is 430 g/mol. The molecule has 1 saturated heterocycles. The Bertz CT molecular complexity index is 1320. The van der Waals surface area contributed by atoms with Crippen LogP contribution in [0.3, 0.4) is 0 Å². The lowest BCUT2D eigenvalue weighted by Gasteiger charge is -2.26. The van der Waals surface area contributed by atoms with Gasteiger partial charge in [-0.2, -0.15) is 4.98 Å². The molecule has 9 nitrogen and oxygen atoms in total. The molecule has 4 aromatic rings. The highest BCUT2D eigenvalue weighted by Gasteiger charge is 2.13. The van der Waals surface area contributed by atoms with Crippen molar-refractivity contribution in [1.29, 1.82) is 0 Å². The van der Waals surface area contributed by atoms with E-state index in [0.29, 0.717) is 15.9 Å². The molecule has 0 unspecified atom stereocenters. The van der Waals surface area contributed by atoms with E-state index < -0.39 is 5.69 Å². The van der Waals surface area contributed by atoms with Crippen molar-refractivity contribution in [3.05, 3.63) is 77.1 Å². The Hall–Kier alpha value is -3.82. The molecule has 4 heterocycles. The topological polar surface area (TPSA) is 105 Å². The number of nitrogens with zero attached hydrogens (tertiary/aromatic N) is 5. The van der Waals surface area contributed by atoms with Gasteiger partial charge in [0.25, 0.3) is 0 Å². The highest BCUT2D eigenvalue weighted by atomic mass is 16.5. The summed E-state index contributed by atoms with van der Waals surface area (Å²) >= 11 is 0. The standard InChI is InChI=1S/C23H22N6O3/c30-23-27-21(20-5-2-6-25-22(20)29(23)31)26-19-4-1-3-17(12-19)18-11-16(13-24-14-18)15-28-7-9-32-10-8-28/h1-6,11-14,31H,7-10,15H2,(H,26,27,30). The van der Waals surface area contributed by atoms with Gasteiger partial charge in [-0.25, -0.2) is 9.78 Å². The summed E-state index contributed by atoms with van der Waals surface area (Å²) in [5, 5.41) is 13.6. The summed E-state index contributed by atoms with van der Waals surface area (Å²) in [6.07, 6.45) is 5.25. The number of rotatable bonds is 5. The number of aromatic nitrogens is 4. The minimum absolute atomic E-state index is 0.145. The van der Waals surface area contributed by atoms with E-state index in [1.807, 2.05) is 36.7 Å². The Morgan fingerprint density at radius 2 is 1.94 bits per heavy atom. The first kappa shape index (κ1) is 20.1. The maximum atomic E-state index is 12.0. The van der Waals surface area contributed by atoms with Gasteiger partial charge < -0.3 is 15.3 Å². The number of hydrogen-bond acceptors (Lipinski definition) is 8. The third kappa shape index (κ3) is 4.16. The van der Waals surface area contributed by atoms with Crippen LogP contribution in [0, 0.1) is 0 Å². The Labute approximate surface area is 183 Å².